The van der Waals surface area contributed by atoms with Crippen molar-refractivity contribution in [2.45, 2.75) is 89.4 Å². The Morgan fingerprint density at radius 3 is 2.17 bits per heavy atom. The zero-order valence-corrected chi connectivity index (χ0v) is 15.7. The van der Waals surface area contributed by atoms with Gasteiger partial charge in [0.05, 0.1) is 12.7 Å². The van der Waals surface area contributed by atoms with Crippen LogP contribution in [-0.4, -0.2) is 45.0 Å². The molecule has 0 heterocycles. The molecule has 0 spiro atoms. The molecule has 4 nitrogen and oxygen atoms in total. The third kappa shape index (κ3) is 12.8. The van der Waals surface area contributed by atoms with Crippen molar-refractivity contribution in [3.8, 4) is 0 Å². The van der Waals surface area contributed by atoms with E-state index in [9.17, 15) is 9.90 Å². The van der Waals surface area contributed by atoms with Gasteiger partial charge in [0.25, 0.3) is 0 Å². The van der Waals surface area contributed by atoms with Gasteiger partial charge < -0.3 is 15.3 Å². The van der Waals surface area contributed by atoms with Crippen LogP contribution in [0.25, 0.3) is 0 Å². The highest BCUT2D eigenvalue weighted by molar-refractivity contribution is 7.99. The Bertz CT molecular complexity index is 286. The zero-order valence-electron chi connectivity index (χ0n) is 14.9. The van der Waals surface area contributed by atoms with Crippen molar-refractivity contribution in [3.63, 3.8) is 0 Å². The normalized spacial score (nSPS) is 15.3. The number of hydrogen-bond acceptors (Lipinski definition) is 4. The van der Waals surface area contributed by atoms with Crippen molar-refractivity contribution in [2.24, 2.45) is 5.92 Å². The van der Waals surface area contributed by atoms with Gasteiger partial charge in [-0.25, -0.2) is 0 Å². The molecule has 3 N–H and O–H groups in total. The number of aliphatic carboxylic acids is 1. The highest BCUT2D eigenvalue weighted by Crippen LogP contribution is 2.30. The monoisotopic (exact) mass is 348 g/mol. The molecule has 0 amide bonds. The van der Waals surface area contributed by atoms with Crippen molar-refractivity contribution in [3.05, 3.63) is 0 Å². The lowest BCUT2D eigenvalue weighted by molar-refractivity contribution is -0.138. The van der Waals surface area contributed by atoms with E-state index in [4.69, 9.17) is 10.2 Å². The van der Waals surface area contributed by atoms with Gasteiger partial charge in [0, 0.05) is 17.4 Å². The maximum absolute atomic E-state index is 11.0. The van der Waals surface area contributed by atoms with E-state index in [1.54, 1.807) is 11.8 Å². The summed E-state index contributed by atoms with van der Waals surface area (Å²) in [5.41, 5.74) is 0. The Labute approximate surface area is 146 Å². The summed E-state index contributed by atoms with van der Waals surface area (Å²) in [6, 6.07) is 0. The maximum atomic E-state index is 11.0. The average molecular weight is 349 g/mol. The number of thioether (sulfide) groups is 1. The number of aliphatic hydroxyl groups excluding tert-OH is 2. The molecule has 0 saturated heterocycles. The van der Waals surface area contributed by atoms with Gasteiger partial charge in [-0.05, 0) is 12.3 Å². The molecule has 0 aromatic carbocycles. The van der Waals surface area contributed by atoms with Crippen LogP contribution in [0, 0.1) is 5.92 Å². The van der Waals surface area contributed by atoms with Gasteiger partial charge in [0.2, 0.25) is 0 Å². The molecule has 0 aromatic heterocycles. The van der Waals surface area contributed by atoms with Crippen molar-refractivity contribution in [2.75, 3.05) is 12.4 Å². The lowest BCUT2D eigenvalue weighted by Gasteiger charge is -2.25. The second-order valence-electron chi connectivity index (χ2n) is 6.38. The fourth-order valence-corrected chi connectivity index (χ4v) is 4.28. The number of hydrogen-bond donors (Lipinski definition) is 3. The van der Waals surface area contributed by atoms with Gasteiger partial charge in [-0.15, -0.1) is 0 Å². The lowest BCUT2D eigenvalue weighted by Crippen LogP contribution is -2.24. The zero-order chi connectivity index (χ0) is 17.5. The first-order valence-electron chi connectivity index (χ1n) is 9.17. The summed E-state index contributed by atoms with van der Waals surface area (Å²) in [7, 11) is 0. The van der Waals surface area contributed by atoms with Crippen molar-refractivity contribution in [1.82, 2.24) is 0 Å². The van der Waals surface area contributed by atoms with Crippen LogP contribution in [0.1, 0.15) is 78.1 Å². The van der Waals surface area contributed by atoms with Crippen LogP contribution < -0.4 is 0 Å². The molecule has 0 aliphatic carbocycles. The standard InChI is InChI=1S/C18H36O4S/c1-3-5-6-7-8-9-10-11-17(23-14-16(20)13-19)15(4-2)12-18(21)22/h15-17,19-20H,3-14H2,1-2H3,(H,21,22). The highest BCUT2D eigenvalue weighted by Gasteiger charge is 2.23. The van der Waals surface area contributed by atoms with Crippen LogP contribution in [-0.2, 0) is 4.79 Å². The van der Waals surface area contributed by atoms with Gasteiger partial charge in [0.1, 0.15) is 0 Å². The Morgan fingerprint density at radius 2 is 1.65 bits per heavy atom. The molecule has 0 bridgehead atoms. The SMILES string of the molecule is CCCCCCCCCC(SCC(O)CO)C(CC)CC(=O)O. The fraction of sp³-hybridized carbons (Fsp3) is 0.944. The number of unbranched alkanes of at least 4 members (excludes halogenated alkanes) is 6. The van der Waals surface area contributed by atoms with E-state index >= 15 is 0 Å². The Hall–Kier alpha value is -0.260. The second-order valence-corrected chi connectivity index (χ2v) is 7.66. The van der Waals surface area contributed by atoms with E-state index in [-0.39, 0.29) is 24.2 Å². The summed E-state index contributed by atoms with van der Waals surface area (Å²) in [6.45, 7) is 4.03. The molecule has 23 heavy (non-hydrogen) atoms. The van der Waals surface area contributed by atoms with Crippen LogP contribution in [0.5, 0.6) is 0 Å². The second kappa shape index (κ2) is 15.3. The highest BCUT2D eigenvalue weighted by atomic mass is 32.2. The Balaban J connectivity index is 4.21. The molecule has 3 unspecified atom stereocenters. The molecule has 5 heteroatoms. The third-order valence-corrected chi connectivity index (χ3v) is 5.92. The molecule has 0 aliphatic heterocycles. The first-order chi connectivity index (χ1) is 11.0. The molecule has 3 atom stereocenters. The Kier molecular flexibility index (Phi) is 15.1. The minimum absolute atomic E-state index is 0.142. The molecule has 0 saturated carbocycles. The van der Waals surface area contributed by atoms with E-state index in [1.165, 1.54) is 38.5 Å². The summed E-state index contributed by atoms with van der Waals surface area (Å²) in [5.74, 6) is -0.124. The van der Waals surface area contributed by atoms with Gasteiger partial charge >= 0.3 is 5.97 Å². The molecule has 138 valence electrons. The van der Waals surface area contributed by atoms with Crippen LogP contribution in [0.4, 0.5) is 0 Å². The molecule has 0 rings (SSSR count). The predicted molar refractivity (Wildman–Crippen MR) is 98.0 cm³/mol. The summed E-state index contributed by atoms with van der Waals surface area (Å²) in [4.78, 5) is 11.0. The molecule has 0 aromatic rings. The minimum atomic E-state index is -0.746. The summed E-state index contributed by atoms with van der Waals surface area (Å²) in [6.07, 6.45) is 10.1. The lowest BCUT2D eigenvalue weighted by atomic mass is 9.94. The summed E-state index contributed by atoms with van der Waals surface area (Å²) in [5, 5.41) is 27.8. The predicted octanol–water partition coefficient (Wildman–Crippen LogP) is 4.08. The maximum Gasteiger partial charge on any atom is 0.303 e. The Morgan fingerprint density at radius 1 is 1.04 bits per heavy atom. The first-order valence-corrected chi connectivity index (χ1v) is 10.2. The number of rotatable bonds is 16. The quantitative estimate of drug-likeness (QED) is 0.366. The van der Waals surface area contributed by atoms with Crippen LogP contribution in [0.15, 0.2) is 0 Å². The van der Waals surface area contributed by atoms with Crippen molar-refractivity contribution in [1.29, 1.82) is 0 Å². The van der Waals surface area contributed by atoms with E-state index < -0.39 is 12.1 Å². The van der Waals surface area contributed by atoms with Gasteiger partial charge in [-0.1, -0.05) is 65.2 Å². The van der Waals surface area contributed by atoms with Crippen LogP contribution >= 0.6 is 11.8 Å². The fourth-order valence-electron chi connectivity index (χ4n) is 2.81. The van der Waals surface area contributed by atoms with Gasteiger partial charge in [0.15, 0.2) is 0 Å². The van der Waals surface area contributed by atoms with Crippen molar-refractivity contribution >= 4 is 17.7 Å². The molecule has 0 radical (unpaired) electrons. The summed E-state index contributed by atoms with van der Waals surface area (Å²) >= 11 is 1.63. The van der Waals surface area contributed by atoms with Crippen LogP contribution in [0.3, 0.4) is 0 Å². The third-order valence-electron chi connectivity index (χ3n) is 4.29. The first kappa shape index (κ1) is 22.7. The van der Waals surface area contributed by atoms with Gasteiger partial charge in [-0.3, -0.25) is 4.79 Å². The topological polar surface area (TPSA) is 77.8 Å². The molecule has 0 aliphatic rings. The van der Waals surface area contributed by atoms with Gasteiger partial charge in [-0.2, -0.15) is 11.8 Å². The number of carbonyl (C=O) groups is 1. The largest absolute Gasteiger partial charge is 0.481 e. The number of aliphatic hydroxyl groups is 2. The van der Waals surface area contributed by atoms with Crippen LogP contribution in [0.2, 0.25) is 0 Å². The smallest absolute Gasteiger partial charge is 0.303 e. The van der Waals surface area contributed by atoms with E-state index in [1.807, 2.05) is 6.92 Å². The molecular weight excluding hydrogens is 312 g/mol. The molecular formula is C18H36O4S. The molecule has 0 fully saturated rings. The van der Waals surface area contributed by atoms with E-state index in [0.29, 0.717) is 5.75 Å². The van der Waals surface area contributed by atoms with E-state index in [0.717, 1.165) is 19.3 Å². The minimum Gasteiger partial charge on any atom is -0.481 e. The summed E-state index contributed by atoms with van der Waals surface area (Å²) < 4.78 is 0. The average Bonchev–Trinajstić information content (AvgIpc) is 2.54. The number of carboxylic acids is 1. The van der Waals surface area contributed by atoms with Crippen molar-refractivity contribution < 1.29 is 20.1 Å². The van der Waals surface area contributed by atoms with E-state index in [2.05, 4.69) is 6.92 Å². The number of carboxylic acid groups (broad SMARTS) is 1.